The second-order valence-corrected chi connectivity index (χ2v) is 8.17. The quantitative estimate of drug-likeness (QED) is 0.718. The number of Topliss-reactive ketones (excluding diaryl/α,β-unsaturated/α-hetero) is 1. The van der Waals surface area contributed by atoms with E-state index in [0.717, 1.165) is 12.2 Å². The van der Waals surface area contributed by atoms with Crippen LogP contribution in [-0.2, 0) is 4.79 Å². The van der Waals surface area contributed by atoms with Crippen LogP contribution in [0.15, 0.2) is 24.3 Å². The van der Waals surface area contributed by atoms with Crippen molar-refractivity contribution >= 4 is 11.7 Å². The summed E-state index contributed by atoms with van der Waals surface area (Å²) in [7, 11) is 1.59. The fraction of sp³-hybridized carbons (Fsp3) is 0.600. The van der Waals surface area contributed by atoms with Crippen molar-refractivity contribution in [3.63, 3.8) is 0 Å². The lowest BCUT2D eigenvalue weighted by molar-refractivity contribution is -0.123. The zero-order valence-corrected chi connectivity index (χ0v) is 15.9. The standard InChI is InChI=1S/C20H31NO3/c1-19(2,3)14-20(4,5)21-18(23)9-7-8-17(22)15-10-12-16(24-6)13-11-15/h10-13H,7-9,14H2,1-6H3,(H,21,23). The van der Waals surface area contributed by atoms with E-state index in [9.17, 15) is 9.59 Å². The second-order valence-electron chi connectivity index (χ2n) is 8.17. The zero-order chi connectivity index (χ0) is 18.4. The van der Waals surface area contributed by atoms with Gasteiger partial charge in [-0.3, -0.25) is 9.59 Å². The number of hydrogen-bond donors (Lipinski definition) is 1. The Morgan fingerprint density at radius 3 is 2.08 bits per heavy atom. The predicted molar refractivity (Wildman–Crippen MR) is 97.5 cm³/mol. The van der Waals surface area contributed by atoms with Gasteiger partial charge in [0.15, 0.2) is 5.78 Å². The molecule has 0 aromatic heterocycles. The lowest BCUT2D eigenvalue weighted by atomic mass is 9.81. The first-order valence-electron chi connectivity index (χ1n) is 8.51. The van der Waals surface area contributed by atoms with Crippen molar-refractivity contribution in [2.45, 2.75) is 65.8 Å². The molecular weight excluding hydrogens is 302 g/mol. The van der Waals surface area contributed by atoms with E-state index in [1.807, 2.05) is 13.8 Å². The van der Waals surface area contributed by atoms with Crippen LogP contribution in [0.1, 0.15) is 70.7 Å². The Bertz CT molecular complexity index is 553. The molecule has 0 spiro atoms. The normalized spacial score (nSPS) is 11.9. The summed E-state index contributed by atoms with van der Waals surface area (Å²) in [6.45, 7) is 10.6. The monoisotopic (exact) mass is 333 g/mol. The number of ether oxygens (including phenoxy) is 1. The van der Waals surface area contributed by atoms with Crippen LogP contribution < -0.4 is 10.1 Å². The minimum Gasteiger partial charge on any atom is -0.497 e. The van der Waals surface area contributed by atoms with Crippen LogP contribution in [0.4, 0.5) is 0 Å². The van der Waals surface area contributed by atoms with E-state index >= 15 is 0 Å². The molecule has 4 nitrogen and oxygen atoms in total. The SMILES string of the molecule is COc1ccc(C(=O)CCCC(=O)NC(C)(C)CC(C)(C)C)cc1. The molecule has 0 aliphatic rings. The Hall–Kier alpha value is -1.84. The van der Waals surface area contributed by atoms with E-state index in [-0.39, 0.29) is 22.6 Å². The number of methoxy groups -OCH3 is 1. The highest BCUT2D eigenvalue weighted by Gasteiger charge is 2.26. The van der Waals surface area contributed by atoms with E-state index < -0.39 is 0 Å². The molecular formula is C20H31NO3. The summed E-state index contributed by atoms with van der Waals surface area (Å²) in [6, 6.07) is 7.06. The molecule has 0 heterocycles. The van der Waals surface area contributed by atoms with E-state index in [4.69, 9.17) is 4.74 Å². The lowest BCUT2D eigenvalue weighted by Gasteiger charge is -2.33. The molecule has 1 amide bonds. The topological polar surface area (TPSA) is 55.4 Å². The smallest absolute Gasteiger partial charge is 0.220 e. The molecule has 0 aliphatic carbocycles. The third kappa shape index (κ3) is 7.62. The predicted octanol–water partition coefficient (Wildman–Crippen LogP) is 4.38. The highest BCUT2D eigenvalue weighted by atomic mass is 16.5. The fourth-order valence-corrected chi connectivity index (χ4v) is 3.14. The molecule has 24 heavy (non-hydrogen) atoms. The number of carbonyl (C=O) groups excluding carboxylic acids is 2. The minimum absolute atomic E-state index is 0.00628. The third-order valence-electron chi connectivity index (χ3n) is 3.67. The van der Waals surface area contributed by atoms with Crippen molar-refractivity contribution in [1.82, 2.24) is 5.32 Å². The van der Waals surface area contributed by atoms with Gasteiger partial charge in [0.2, 0.25) is 5.91 Å². The van der Waals surface area contributed by atoms with Crippen molar-refractivity contribution < 1.29 is 14.3 Å². The molecule has 0 unspecified atom stereocenters. The van der Waals surface area contributed by atoms with E-state index in [2.05, 4.69) is 26.1 Å². The van der Waals surface area contributed by atoms with Gasteiger partial charge in [-0.25, -0.2) is 0 Å². The van der Waals surface area contributed by atoms with Gasteiger partial charge < -0.3 is 10.1 Å². The van der Waals surface area contributed by atoms with Gasteiger partial charge in [-0.05, 0) is 56.4 Å². The number of ketones is 1. The molecule has 134 valence electrons. The van der Waals surface area contributed by atoms with Gasteiger partial charge in [0.1, 0.15) is 5.75 Å². The molecule has 1 rings (SSSR count). The number of amides is 1. The molecule has 0 radical (unpaired) electrons. The number of carbonyl (C=O) groups is 2. The Morgan fingerprint density at radius 1 is 1.00 bits per heavy atom. The van der Waals surface area contributed by atoms with Crippen LogP contribution in [0.25, 0.3) is 0 Å². The van der Waals surface area contributed by atoms with Crippen LogP contribution >= 0.6 is 0 Å². The summed E-state index contributed by atoms with van der Waals surface area (Å²) in [4.78, 5) is 24.2. The molecule has 0 saturated heterocycles. The largest absolute Gasteiger partial charge is 0.497 e. The molecule has 0 atom stereocenters. The number of rotatable bonds is 8. The third-order valence-corrected chi connectivity index (χ3v) is 3.67. The van der Waals surface area contributed by atoms with Crippen LogP contribution in [0.5, 0.6) is 5.75 Å². The van der Waals surface area contributed by atoms with Gasteiger partial charge >= 0.3 is 0 Å². The summed E-state index contributed by atoms with van der Waals surface area (Å²) in [5.41, 5.74) is 0.570. The maximum atomic E-state index is 12.1. The van der Waals surface area contributed by atoms with Crippen LogP contribution in [0.3, 0.4) is 0 Å². The van der Waals surface area contributed by atoms with Crippen molar-refractivity contribution in [3.05, 3.63) is 29.8 Å². The summed E-state index contributed by atoms with van der Waals surface area (Å²) >= 11 is 0. The van der Waals surface area contributed by atoms with E-state index in [1.165, 1.54) is 0 Å². The highest BCUT2D eigenvalue weighted by Crippen LogP contribution is 2.26. The van der Waals surface area contributed by atoms with Crippen LogP contribution in [0.2, 0.25) is 0 Å². The summed E-state index contributed by atoms with van der Waals surface area (Å²) < 4.78 is 5.08. The van der Waals surface area contributed by atoms with Crippen molar-refractivity contribution in [2.24, 2.45) is 5.41 Å². The molecule has 1 aromatic carbocycles. The number of hydrogen-bond acceptors (Lipinski definition) is 3. The van der Waals surface area contributed by atoms with E-state index in [1.54, 1.807) is 31.4 Å². The maximum absolute atomic E-state index is 12.1. The highest BCUT2D eigenvalue weighted by molar-refractivity contribution is 5.96. The summed E-state index contributed by atoms with van der Waals surface area (Å²) in [5.74, 6) is 0.790. The first-order chi connectivity index (χ1) is 11.0. The minimum atomic E-state index is -0.241. The first kappa shape index (κ1) is 20.2. The van der Waals surface area contributed by atoms with Gasteiger partial charge in [0, 0.05) is 23.9 Å². The van der Waals surface area contributed by atoms with Crippen LogP contribution in [0, 0.1) is 5.41 Å². The average Bonchev–Trinajstić information content (AvgIpc) is 2.44. The molecule has 4 heteroatoms. The molecule has 0 bridgehead atoms. The molecule has 0 fully saturated rings. The van der Waals surface area contributed by atoms with E-state index in [0.29, 0.717) is 24.8 Å². The Morgan fingerprint density at radius 2 is 1.58 bits per heavy atom. The Labute approximate surface area is 146 Å². The van der Waals surface area contributed by atoms with Crippen molar-refractivity contribution in [3.8, 4) is 5.75 Å². The number of benzene rings is 1. The van der Waals surface area contributed by atoms with Gasteiger partial charge in [0.05, 0.1) is 7.11 Å². The molecule has 0 aliphatic heterocycles. The zero-order valence-electron chi connectivity index (χ0n) is 15.9. The lowest BCUT2D eigenvalue weighted by Crippen LogP contribution is -2.45. The Balaban J connectivity index is 2.40. The van der Waals surface area contributed by atoms with Gasteiger partial charge in [-0.1, -0.05) is 20.8 Å². The summed E-state index contributed by atoms with van der Waals surface area (Å²) in [6.07, 6.45) is 2.20. The van der Waals surface area contributed by atoms with Crippen molar-refractivity contribution in [1.29, 1.82) is 0 Å². The van der Waals surface area contributed by atoms with Gasteiger partial charge in [-0.2, -0.15) is 0 Å². The average molecular weight is 333 g/mol. The fourth-order valence-electron chi connectivity index (χ4n) is 3.14. The molecule has 1 aromatic rings. The van der Waals surface area contributed by atoms with Gasteiger partial charge in [-0.15, -0.1) is 0 Å². The van der Waals surface area contributed by atoms with Crippen molar-refractivity contribution in [2.75, 3.05) is 7.11 Å². The Kier molecular flexibility index (Phi) is 7.00. The maximum Gasteiger partial charge on any atom is 0.220 e. The second kappa shape index (κ2) is 8.32. The van der Waals surface area contributed by atoms with Gasteiger partial charge in [0.25, 0.3) is 0 Å². The van der Waals surface area contributed by atoms with Crippen LogP contribution in [-0.4, -0.2) is 24.3 Å². The molecule has 1 N–H and O–H groups in total. The molecule has 0 saturated carbocycles. The number of nitrogens with one attached hydrogen (secondary N) is 1. The first-order valence-corrected chi connectivity index (χ1v) is 8.51. The summed E-state index contributed by atoms with van der Waals surface area (Å²) in [5, 5.41) is 3.07.